The molecule has 0 spiro atoms. The quantitative estimate of drug-likeness (QED) is 0.134. The molecule has 15 nitrogen and oxygen atoms in total. The van der Waals surface area contributed by atoms with E-state index in [1.807, 2.05) is 0 Å². The lowest BCUT2D eigenvalue weighted by atomic mass is 10.1. The van der Waals surface area contributed by atoms with Crippen LogP contribution >= 0.6 is 0 Å². The zero-order valence-electron chi connectivity index (χ0n) is 17.7. The first-order valence-electron chi connectivity index (χ1n) is 9.77. The van der Waals surface area contributed by atoms with Crippen LogP contribution < -0.4 is 27.4 Å². The van der Waals surface area contributed by atoms with Crippen molar-refractivity contribution in [3.63, 3.8) is 0 Å². The topological polar surface area (TPSA) is 260 Å². The SMILES string of the molecule is CC(NC(=O)C(CC(N)=O)NC(=O)C(N)CCC(=O)O)C(=O)NC(Cc1cnc[nH]1)C(=O)O. The number of hydrogen-bond acceptors (Lipinski definition) is 8. The van der Waals surface area contributed by atoms with Crippen molar-refractivity contribution in [1.82, 2.24) is 25.9 Å². The van der Waals surface area contributed by atoms with E-state index in [9.17, 15) is 33.9 Å². The second kappa shape index (κ2) is 12.7. The third-order valence-electron chi connectivity index (χ3n) is 4.39. The van der Waals surface area contributed by atoms with E-state index < -0.39 is 66.2 Å². The minimum Gasteiger partial charge on any atom is -0.481 e. The number of hydrogen-bond donors (Lipinski definition) is 8. The normalized spacial score (nSPS) is 14.2. The summed E-state index contributed by atoms with van der Waals surface area (Å²) in [5.41, 5.74) is 11.1. The zero-order valence-corrected chi connectivity index (χ0v) is 17.7. The van der Waals surface area contributed by atoms with Crippen molar-refractivity contribution in [2.75, 3.05) is 0 Å². The average Bonchev–Trinajstić information content (AvgIpc) is 3.23. The maximum atomic E-state index is 12.5. The predicted molar refractivity (Wildman–Crippen MR) is 110 cm³/mol. The fourth-order valence-electron chi connectivity index (χ4n) is 2.59. The number of carbonyl (C=O) groups excluding carboxylic acids is 4. The van der Waals surface area contributed by atoms with Gasteiger partial charge in [0.1, 0.15) is 18.1 Å². The van der Waals surface area contributed by atoms with E-state index in [-0.39, 0.29) is 19.3 Å². The molecule has 0 saturated carbocycles. The Morgan fingerprint density at radius 1 is 1.03 bits per heavy atom. The summed E-state index contributed by atoms with van der Waals surface area (Å²) in [6, 6.07) is -5.30. The van der Waals surface area contributed by atoms with Gasteiger partial charge in [0.25, 0.3) is 0 Å². The lowest BCUT2D eigenvalue weighted by molar-refractivity contribution is -0.142. The van der Waals surface area contributed by atoms with Crippen LogP contribution in [0, 0.1) is 0 Å². The number of carboxylic acid groups (broad SMARTS) is 2. The minimum absolute atomic E-state index is 0.0870. The molecule has 4 atom stereocenters. The Morgan fingerprint density at radius 2 is 1.67 bits per heavy atom. The molecule has 1 heterocycles. The van der Waals surface area contributed by atoms with E-state index in [1.165, 1.54) is 19.4 Å². The Balaban J connectivity index is 2.75. The highest BCUT2D eigenvalue weighted by molar-refractivity contribution is 5.96. The van der Waals surface area contributed by atoms with Crippen molar-refractivity contribution in [3.05, 3.63) is 18.2 Å². The van der Waals surface area contributed by atoms with Gasteiger partial charge in [-0.05, 0) is 13.3 Å². The summed E-state index contributed by atoms with van der Waals surface area (Å²) in [5, 5.41) is 24.7. The van der Waals surface area contributed by atoms with Crippen molar-refractivity contribution in [1.29, 1.82) is 0 Å². The third-order valence-corrected chi connectivity index (χ3v) is 4.39. The number of aromatic nitrogens is 2. The predicted octanol–water partition coefficient (Wildman–Crippen LogP) is -3.42. The summed E-state index contributed by atoms with van der Waals surface area (Å²) in [6.07, 6.45) is 1.44. The molecule has 1 rings (SSSR count). The van der Waals surface area contributed by atoms with E-state index in [0.29, 0.717) is 5.69 Å². The molecule has 0 aliphatic carbocycles. The second-order valence-corrected chi connectivity index (χ2v) is 7.18. The number of aromatic amines is 1. The van der Waals surface area contributed by atoms with Gasteiger partial charge in [0.2, 0.25) is 23.6 Å². The molecule has 1 aromatic rings. The fraction of sp³-hybridized carbons (Fsp3) is 0.500. The van der Waals surface area contributed by atoms with Crippen LogP contribution in [-0.2, 0) is 35.2 Å². The first kappa shape index (κ1) is 27.0. The largest absolute Gasteiger partial charge is 0.481 e. The van der Waals surface area contributed by atoms with Gasteiger partial charge < -0.3 is 42.6 Å². The summed E-state index contributed by atoms with van der Waals surface area (Å²) in [6.45, 7) is 1.27. The third kappa shape index (κ3) is 9.77. The van der Waals surface area contributed by atoms with Crippen molar-refractivity contribution >= 4 is 35.6 Å². The van der Waals surface area contributed by atoms with Crippen LogP contribution in [0.2, 0.25) is 0 Å². The van der Waals surface area contributed by atoms with Gasteiger partial charge in [-0.3, -0.25) is 24.0 Å². The van der Waals surface area contributed by atoms with Crippen LogP contribution in [-0.4, -0.2) is 79.9 Å². The van der Waals surface area contributed by atoms with Gasteiger partial charge in [0, 0.05) is 24.7 Å². The highest BCUT2D eigenvalue weighted by atomic mass is 16.4. The Morgan fingerprint density at radius 3 is 2.18 bits per heavy atom. The molecule has 0 aliphatic heterocycles. The van der Waals surface area contributed by atoms with Crippen LogP contribution in [0.15, 0.2) is 12.5 Å². The number of aliphatic carboxylic acids is 2. The monoisotopic (exact) mass is 469 g/mol. The smallest absolute Gasteiger partial charge is 0.326 e. The first-order valence-corrected chi connectivity index (χ1v) is 9.77. The summed E-state index contributed by atoms with van der Waals surface area (Å²) >= 11 is 0. The van der Waals surface area contributed by atoms with Gasteiger partial charge in [-0.25, -0.2) is 9.78 Å². The van der Waals surface area contributed by atoms with E-state index in [2.05, 4.69) is 25.9 Å². The molecule has 1 aromatic heterocycles. The molecule has 33 heavy (non-hydrogen) atoms. The highest BCUT2D eigenvalue weighted by Gasteiger charge is 2.29. The molecule has 0 aromatic carbocycles. The molecule has 15 heteroatoms. The number of nitrogens with one attached hydrogen (secondary N) is 4. The number of carboxylic acids is 2. The standard InChI is InChI=1S/C18H27N7O8/c1-8(15(29)25-12(18(32)33)4-9-6-21-7-22-9)23-17(31)11(5-13(20)26)24-16(30)10(19)2-3-14(27)28/h6-8,10-12H,2-5,19H2,1H3,(H2,20,26)(H,21,22)(H,23,31)(H,24,30)(H,25,29)(H,27,28)(H,32,33). The van der Waals surface area contributed by atoms with Crippen LogP contribution in [0.3, 0.4) is 0 Å². The number of amides is 4. The van der Waals surface area contributed by atoms with Gasteiger partial charge in [0.15, 0.2) is 0 Å². The molecule has 0 fully saturated rings. The lowest BCUT2D eigenvalue weighted by Crippen LogP contribution is -2.57. The maximum absolute atomic E-state index is 12.5. The van der Waals surface area contributed by atoms with Gasteiger partial charge in [-0.1, -0.05) is 0 Å². The molecule has 4 amide bonds. The molecule has 10 N–H and O–H groups in total. The Kier molecular flexibility index (Phi) is 10.4. The molecule has 0 saturated heterocycles. The summed E-state index contributed by atoms with van der Waals surface area (Å²) in [7, 11) is 0. The van der Waals surface area contributed by atoms with Crippen molar-refractivity contribution < 1.29 is 39.0 Å². The maximum Gasteiger partial charge on any atom is 0.326 e. The summed E-state index contributed by atoms with van der Waals surface area (Å²) in [4.78, 5) is 76.8. The number of carbonyl (C=O) groups is 6. The molecule has 0 radical (unpaired) electrons. The number of rotatable bonds is 14. The van der Waals surface area contributed by atoms with Crippen LogP contribution in [0.4, 0.5) is 0 Å². The van der Waals surface area contributed by atoms with Gasteiger partial charge >= 0.3 is 11.9 Å². The molecule has 4 unspecified atom stereocenters. The summed E-state index contributed by atoms with van der Waals surface area (Å²) < 4.78 is 0. The second-order valence-electron chi connectivity index (χ2n) is 7.18. The Hall–Kier alpha value is -4.01. The van der Waals surface area contributed by atoms with Gasteiger partial charge in [0.05, 0.1) is 18.8 Å². The van der Waals surface area contributed by atoms with Crippen LogP contribution in [0.1, 0.15) is 31.9 Å². The fourth-order valence-corrected chi connectivity index (χ4v) is 2.59. The number of primary amides is 1. The van der Waals surface area contributed by atoms with E-state index in [4.69, 9.17) is 16.6 Å². The van der Waals surface area contributed by atoms with Crippen molar-refractivity contribution in [2.45, 2.75) is 56.8 Å². The van der Waals surface area contributed by atoms with Crippen LogP contribution in [0.25, 0.3) is 0 Å². The van der Waals surface area contributed by atoms with E-state index in [1.54, 1.807) is 0 Å². The highest BCUT2D eigenvalue weighted by Crippen LogP contribution is 2.02. The lowest BCUT2D eigenvalue weighted by Gasteiger charge is -2.22. The van der Waals surface area contributed by atoms with Gasteiger partial charge in [-0.2, -0.15) is 0 Å². The number of nitrogens with zero attached hydrogens (tertiary/aromatic N) is 1. The first-order chi connectivity index (χ1) is 15.4. The van der Waals surface area contributed by atoms with Crippen LogP contribution in [0.5, 0.6) is 0 Å². The molecule has 182 valence electrons. The zero-order chi connectivity index (χ0) is 25.1. The Labute approximate surface area is 187 Å². The number of nitrogens with two attached hydrogens (primary N) is 2. The number of H-pyrrole nitrogens is 1. The molecular weight excluding hydrogens is 442 g/mol. The molecule has 0 aliphatic rings. The van der Waals surface area contributed by atoms with Crippen molar-refractivity contribution in [3.8, 4) is 0 Å². The van der Waals surface area contributed by atoms with Gasteiger partial charge in [-0.15, -0.1) is 0 Å². The molecular formula is C18H27N7O8. The summed E-state index contributed by atoms with van der Waals surface area (Å²) in [5.74, 6) is -6.09. The van der Waals surface area contributed by atoms with Crippen molar-refractivity contribution in [2.24, 2.45) is 11.5 Å². The van der Waals surface area contributed by atoms with E-state index >= 15 is 0 Å². The Bertz CT molecular complexity index is 873. The average molecular weight is 469 g/mol. The van der Waals surface area contributed by atoms with E-state index in [0.717, 1.165) is 0 Å². The minimum atomic E-state index is -1.48. The molecule has 0 bridgehead atoms. The number of imidazole rings is 1.